The molecule has 0 unspecified atom stereocenters. The fourth-order valence-electron chi connectivity index (χ4n) is 3.26. The maximum atomic E-state index is 12.9. The Hall–Kier alpha value is -3.51. The van der Waals surface area contributed by atoms with Crippen LogP contribution in [0.4, 0.5) is 10.1 Å². The van der Waals surface area contributed by atoms with Crippen LogP contribution in [0.1, 0.15) is 17.2 Å². The maximum Gasteiger partial charge on any atom is 0.243 e. The van der Waals surface area contributed by atoms with Crippen LogP contribution in [0.25, 0.3) is 0 Å². The number of amides is 2. The SMILES string of the molecule is CN(CC(=O)NCC(=O)Nc1ccc(F)cc1)C(c1ccccc1)c1ccccc1. The van der Waals surface area contributed by atoms with E-state index in [1.165, 1.54) is 24.3 Å². The summed E-state index contributed by atoms with van der Waals surface area (Å²) in [6.45, 7) is -0.0380. The third-order valence-corrected chi connectivity index (χ3v) is 4.64. The molecule has 0 aromatic heterocycles. The number of carbonyl (C=O) groups excluding carboxylic acids is 2. The fourth-order valence-corrected chi connectivity index (χ4v) is 3.26. The molecule has 0 radical (unpaired) electrons. The van der Waals surface area contributed by atoms with Crippen LogP contribution < -0.4 is 10.6 Å². The predicted molar refractivity (Wildman–Crippen MR) is 115 cm³/mol. The number of hydrogen-bond donors (Lipinski definition) is 2. The highest BCUT2D eigenvalue weighted by atomic mass is 19.1. The van der Waals surface area contributed by atoms with Gasteiger partial charge >= 0.3 is 0 Å². The van der Waals surface area contributed by atoms with E-state index in [2.05, 4.69) is 10.6 Å². The minimum Gasteiger partial charge on any atom is -0.346 e. The molecular weight excluding hydrogens is 381 g/mol. The second-order valence-corrected chi connectivity index (χ2v) is 6.97. The van der Waals surface area contributed by atoms with Gasteiger partial charge in [0.05, 0.1) is 19.1 Å². The molecular formula is C24H24FN3O2. The minimum absolute atomic E-state index is 0.0915. The van der Waals surface area contributed by atoms with Gasteiger partial charge in [0.1, 0.15) is 5.82 Å². The van der Waals surface area contributed by atoms with Crippen molar-refractivity contribution >= 4 is 17.5 Å². The van der Waals surface area contributed by atoms with Gasteiger partial charge in [-0.25, -0.2) is 4.39 Å². The highest BCUT2D eigenvalue weighted by molar-refractivity contribution is 5.94. The lowest BCUT2D eigenvalue weighted by Gasteiger charge is -2.28. The molecule has 0 bridgehead atoms. The molecule has 6 heteroatoms. The van der Waals surface area contributed by atoms with Gasteiger partial charge < -0.3 is 10.6 Å². The van der Waals surface area contributed by atoms with Crippen LogP contribution in [0.2, 0.25) is 0 Å². The monoisotopic (exact) mass is 405 g/mol. The molecule has 5 nitrogen and oxygen atoms in total. The first-order valence-electron chi connectivity index (χ1n) is 9.65. The highest BCUT2D eigenvalue weighted by Crippen LogP contribution is 2.27. The van der Waals surface area contributed by atoms with Gasteiger partial charge in [-0.3, -0.25) is 14.5 Å². The molecule has 0 fully saturated rings. The quantitative estimate of drug-likeness (QED) is 0.602. The van der Waals surface area contributed by atoms with Crippen molar-refractivity contribution in [1.82, 2.24) is 10.2 Å². The van der Waals surface area contributed by atoms with Crippen LogP contribution in [-0.2, 0) is 9.59 Å². The smallest absolute Gasteiger partial charge is 0.243 e. The summed E-state index contributed by atoms with van der Waals surface area (Å²) in [6.07, 6.45) is 0. The second kappa shape index (κ2) is 10.3. The molecule has 0 aliphatic heterocycles. The Morgan fingerprint density at radius 2 is 1.37 bits per heavy atom. The van der Waals surface area contributed by atoms with Crippen molar-refractivity contribution in [2.45, 2.75) is 6.04 Å². The van der Waals surface area contributed by atoms with Gasteiger partial charge in [0, 0.05) is 5.69 Å². The first kappa shape index (κ1) is 21.2. The van der Waals surface area contributed by atoms with Gasteiger partial charge in [-0.05, 0) is 42.4 Å². The average Bonchev–Trinajstić information content (AvgIpc) is 2.76. The third kappa shape index (κ3) is 5.99. The van der Waals surface area contributed by atoms with Crippen LogP contribution in [0.15, 0.2) is 84.9 Å². The molecule has 154 valence electrons. The fraction of sp³-hybridized carbons (Fsp3) is 0.167. The molecule has 30 heavy (non-hydrogen) atoms. The van der Waals surface area contributed by atoms with E-state index in [9.17, 15) is 14.0 Å². The molecule has 2 N–H and O–H groups in total. The van der Waals surface area contributed by atoms with Crippen LogP contribution in [-0.4, -0.2) is 36.9 Å². The Morgan fingerprint density at radius 1 is 0.833 bits per heavy atom. The van der Waals surface area contributed by atoms with Crippen molar-refractivity contribution in [2.24, 2.45) is 0 Å². The number of nitrogens with one attached hydrogen (secondary N) is 2. The number of halogens is 1. The molecule has 0 aliphatic carbocycles. The van der Waals surface area contributed by atoms with E-state index in [0.717, 1.165) is 11.1 Å². The molecule has 3 aromatic rings. The number of nitrogens with zero attached hydrogens (tertiary/aromatic N) is 1. The molecule has 0 saturated carbocycles. The van der Waals surface area contributed by atoms with Gasteiger partial charge in [-0.1, -0.05) is 60.7 Å². The first-order valence-corrected chi connectivity index (χ1v) is 9.65. The zero-order valence-corrected chi connectivity index (χ0v) is 16.7. The van der Waals surface area contributed by atoms with Crippen LogP contribution in [0, 0.1) is 5.82 Å². The van der Waals surface area contributed by atoms with E-state index in [1.54, 1.807) is 0 Å². The number of carbonyl (C=O) groups is 2. The lowest BCUT2D eigenvalue weighted by atomic mass is 9.97. The van der Waals surface area contributed by atoms with E-state index >= 15 is 0 Å². The van der Waals surface area contributed by atoms with Crippen LogP contribution in [0.3, 0.4) is 0 Å². The van der Waals surface area contributed by atoms with Crippen molar-refractivity contribution in [2.75, 3.05) is 25.5 Å². The minimum atomic E-state index is -0.379. The van der Waals surface area contributed by atoms with E-state index in [-0.39, 0.29) is 36.8 Å². The Bertz CT molecular complexity index is 923. The number of rotatable bonds is 8. The third-order valence-electron chi connectivity index (χ3n) is 4.64. The first-order chi connectivity index (χ1) is 14.5. The van der Waals surface area contributed by atoms with Crippen LogP contribution in [0.5, 0.6) is 0 Å². The van der Waals surface area contributed by atoms with Gasteiger partial charge in [0.25, 0.3) is 0 Å². The zero-order chi connectivity index (χ0) is 21.3. The number of anilines is 1. The Morgan fingerprint density at radius 3 is 1.90 bits per heavy atom. The summed E-state index contributed by atoms with van der Waals surface area (Å²) in [4.78, 5) is 26.4. The summed E-state index contributed by atoms with van der Waals surface area (Å²) in [7, 11) is 1.88. The molecule has 3 rings (SSSR count). The highest BCUT2D eigenvalue weighted by Gasteiger charge is 2.21. The van der Waals surface area contributed by atoms with Crippen molar-refractivity contribution in [3.8, 4) is 0 Å². The summed E-state index contributed by atoms with van der Waals surface area (Å²) in [5, 5.41) is 5.25. The summed E-state index contributed by atoms with van der Waals surface area (Å²) in [6, 6.07) is 25.3. The summed E-state index contributed by atoms with van der Waals surface area (Å²) in [5.74, 6) is -1.01. The number of benzene rings is 3. The zero-order valence-electron chi connectivity index (χ0n) is 16.7. The molecule has 0 atom stereocenters. The molecule has 3 aromatic carbocycles. The van der Waals surface area contributed by atoms with E-state index < -0.39 is 0 Å². The normalized spacial score (nSPS) is 10.8. The molecule has 0 heterocycles. The Labute approximate surface area is 175 Å². The van der Waals surface area contributed by atoms with Crippen molar-refractivity contribution in [3.05, 3.63) is 102 Å². The largest absolute Gasteiger partial charge is 0.346 e. The topological polar surface area (TPSA) is 61.4 Å². The number of hydrogen-bond acceptors (Lipinski definition) is 3. The van der Waals surface area contributed by atoms with Gasteiger partial charge in [-0.2, -0.15) is 0 Å². The summed E-state index contributed by atoms with van der Waals surface area (Å²) < 4.78 is 12.9. The maximum absolute atomic E-state index is 12.9. The molecule has 0 spiro atoms. The molecule has 0 aliphatic rings. The van der Waals surface area contributed by atoms with Gasteiger partial charge in [0.2, 0.25) is 11.8 Å². The van der Waals surface area contributed by atoms with Gasteiger partial charge in [0.15, 0.2) is 0 Å². The van der Waals surface area contributed by atoms with Crippen molar-refractivity contribution in [3.63, 3.8) is 0 Å². The summed E-state index contributed by atoms with van der Waals surface area (Å²) >= 11 is 0. The lowest BCUT2D eigenvalue weighted by Crippen LogP contribution is -2.40. The summed E-state index contributed by atoms with van der Waals surface area (Å²) in [5.41, 5.74) is 2.63. The standard InChI is InChI=1S/C24H24FN3O2/c1-28(24(18-8-4-2-5-9-18)19-10-6-3-7-11-19)17-23(30)26-16-22(29)27-21-14-12-20(25)13-15-21/h2-15,24H,16-17H2,1H3,(H,26,30)(H,27,29). The van der Waals surface area contributed by atoms with Crippen molar-refractivity contribution < 1.29 is 14.0 Å². The van der Waals surface area contributed by atoms with E-state index in [1.807, 2.05) is 72.6 Å². The second-order valence-electron chi connectivity index (χ2n) is 6.97. The Balaban J connectivity index is 1.58. The predicted octanol–water partition coefficient (Wildman–Crippen LogP) is 3.60. The average molecular weight is 405 g/mol. The number of likely N-dealkylation sites (N-methyl/N-ethyl adjacent to an activating group) is 1. The molecule has 2 amide bonds. The van der Waals surface area contributed by atoms with E-state index in [0.29, 0.717) is 5.69 Å². The van der Waals surface area contributed by atoms with Crippen LogP contribution >= 0.6 is 0 Å². The Kier molecular flexibility index (Phi) is 7.29. The molecule has 0 saturated heterocycles. The van der Waals surface area contributed by atoms with Gasteiger partial charge in [-0.15, -0.1) is 0 Å². The van der Waals surface area contributed by atoms with E-state index in [4.69, 9.17) is 0 Å². The van der Waals surface area contributed by atoms with Crippen molar-refractivity contribution in [1.29, 1.82) is 0 Å². The lowest BCUT2D eigenvalue weighted by molar-refractivity contribution is -0.125.